The van der Waals surface area contributed by atoms with Crippen LogP contribution in [0.25, 0.3) is 0 Å². The molecule has 1 N–H and O–H groups in total. The summed E-state index contributed by atoms with van der Waals surface area (Å²) in [7, 11) is -4.05. The Kier molecular flexibility index (Phi) is 7.49. The van der Waals surface area contributed by atoms with Crippen LogP contribution in [0.2, 0.25) is 10.0 Å². The number of benzene rings is 3. The molecule has 8 heteroatoms. The topological polar surface area (TPSA) is 66.5 Å². The average Bonchev–Trinajstić information content (AvgIpc) is 2.72. The Morgan fingerprint density at radius 3 is 2.03 bits per heavy atom. The van der Waals surface area contributed by atoms with E-state index in [-0.39, 0.29) is 20.6 Å². The van der Waals surface area contributed by atoms with Gasteiger partial charge in [0, 0.05) is 15.7 Å². The Labute approximate surface area is 199 Å². The minimum Gasteiger partial charge on any atom is -0.325 e. The zero-order valence-electron chi connectivity index (χ0n) is 18.0. The molecule has 0 atom stereocenters. The largest absolute Gasteiger partial charge is 0.325 e. The molecule has 32 heavy (non-hydrogen) atoms. The molecular weight excluding hydrogens is 467 g/mol. The van der Waals surface area contributed by atoms with Crippen LogP contribution in [-0.4, -0.2) is 20.9 Å². The first-order chi connectivity index (χ1) is 15.1. The van der Waals surface area contributed by atoms with Gasteiger partial charge in [-0.2, -0.15) is 0 Å². The van der Waals surface area contributed by atoms with Gasteiger partial charge < -0.3 is 5.32 Å². The third-order valence-electron chi connectivity index (χ3n) is 4.89. The van der Waals surface area contributed by atoms with Gasteiger partial charge in [-0.05, 0) is 60.9 Å². The van der Waals surface area contributed by atoms with Crippen molar-refractivity contribution in [3.63, 3.8) is 0 Å². The van der Waals surface area contributed by atoms with Gasteiger partial charge in [0.1, 0.15) is 6.54 Å². The molecule has 0 heterocycles. The molecule has 5 nitrogen and oxygen atoms in total. The van der Waals surface area contributed by atoms with Gasteiger partial charge in [-0.3, -0.25) is 9.10 Å². The first kappa shape index (κ1) is 24.1. The number of nitrogens with zero attached hydrogens (tertiary/aromatic N) is 1. The second kappa shape index (κ2) is 9.94. The van der Waals surface area contributed by atoms with Crippen molar-refractivity contribution in [2.75, 3.05) is 16.2 Å². The molecule has 0 aliphatic rings. The van der Waals surface area contributed by atoms with Crippen molar-refractivity contribution in [2.45, 2.75) is 31.6 Å². The van der Waals surface area contributed by atoms with Gasteiger partial charge in [-0.25, -0.2) is 8.42 Å². The molecular formula is C24H24Cl2N2O3S. The zero-order chi connectivity index (χ0) is 23.5. The van der Waals surface area contributed by atoms with Crippen molar-refractivity contribution in [3.05, 3.63) is 87.9 Å². The van der Waals surface area contributed by atoms with E-state index < -0.39 is 22.5 Å². The average molecular weight is 491 g/mol. The molecule has 0 aromatic heterocycles. The molecule has 0 spiro atoms. The number of sulfonamides is 1. The Bertz CT molecular complexity index is 1190. The van der Waals surface area contributed by atoms with Crippen molar-refractivity contribution in [3.8, 4) is 0 Å². The standard InChI is InChI=1S/C24H24Cl2N2O3S/c1-16(2)18-6-8-21(9-7-18)27-24(29)15-28(22-13-19(25)12-20(26)14-22)32(30,31)23-10-4-17(3)5-11-23/h4-14,16H,15H2,1-3H3,(H,27,29). The van der Waals surface area contributed by atoms with Gasteiger partial charge in [-0.1, -0.05) is 66.9 Å². The number of hydrogen-bond donors (Lipinski definition) is 1. The van der Waals surface area contributed by atoms with E-state index in [4.69, 9.17) is 23.2 Å². The van der Waals surface area contributed by atoms with Crippen LogP contribution in [0.5, 0.6) is 0 Å². The SMILES string of the molecule is Cc1ccc(S(=O)(=O)N(CC(=O)Nc2ccc(C(C)C)cc2)c2cc(Cl)cc(Cl)c2)cc1. The molecule has 0 fully saturated rings. The summed E-state index contributed by atoms with van der Waals surface area (Å²) in [5.74, 6) is -0.128. The van der Waals surface area contributed by atoms with Crippen LogP contribution in [0.1, 0.15) is 30.9 Å². The molecule has 0 aliphatic carbocycles. The number of nitrogens with one attached hydrogen (secondary N) is 1. The van der Waals surface area contributed by atoms with E-state index in [9.17, 15) is 13.2 Å². The highest BCUT2D eigenvalue weighted by Crippen LogP contribution is 2.30. The molecule has 0 unspecified atom stereocenters. The maximum Gasteiger partial charge on any atom is 0.264 e. The molecule has 3 rings (SSSR count). The van der Waals surface area contributed by atoms with E-state index in [1.54, 1.807) is 24.3 Å². The van der Waals surface area contributed by atoms with Crippen molar-refractivity contribution in [1.29, 1.82) is 0 Å². The number of hydrogen-bond acceptors (Lipinski definition) is 3. The summed E-state index contributed by atoms with van der Waals surface area (Å²) in [4.78, 5) is 12.9. The van der Waals surface area contributed by atoms with Crippen LogP contribution in [0.3, 0.4) is 0 Å². The van der Waals surface area contributed by atoms with E-state index in [0.717, 1.165) is 15.4 Å². The van der Waals surface area contributed by atoms with Gasteiger partial charge in [0.2, 0.25) is 5.91 Å². The Morgan fingerprint density at radius 2 is 1.50 bits per heavy atom. The lowest BCUT2D eigenvalue weighted by atomic mass is 10.0. The highest BCUT2D eigenvalue weighted by Gasteiger charge is 2.28. The predicted molar refractivity (Wildman–Crippen MR) is 131 cm³/mol. The first-order valence-corrected chi connectivity index (χ1v) is 12.2. The summed E-state index contributed by atoms with van der Waals surface area (Å²) in [5, 5.41) is 3.29. The van der Waals surface area contributed by atoms with Gasteiger partial charge in [0.05, 0.1) is 10.6 Å². The van der Waals surface area contributed by atoms with Gasteiger partial charge in [-0.15, -0.1) is 0 Å². The number of anilines is 2. The molecule has 3 aromatic rings. The van der Waals surface area contributed by atoms with Crippen LogP contribution >= 0.6 is 23.2 Å². The molecule has 0 aliphatic heterocycles. The molecule has 0 saturated carbocycles. The molecule has 0 radical (unpaired) electrons. The van der Waals surface area contributed by atoms with Crippen LogP contribution in [0, 0.1) is 6.92 Å². The fraction of sp³-hybridized carbons (Fsp3) is 0.208. The van der Waals surface area contributed by atoms with E-state index in [1.165, 1.54) is 30.3 Å². The van der Waals surface area contributed by atoms with Crippen LogP contribution < -0.4 is 9.62 Å². The maximum absolute atomic E-state index is 13.4. The minimum absolute atomic E-state index is 0.0632. The number of carbonyl (C=O) groups is 1. The van der Waals surface area contributed by atoms with Crippen LogP contribution in [0.4, 0.5) is 11.4 Å². The second-order valence-electron chi connectivity index (χ2n) is 7.78. The summed E-state index contributed by atoms with van der Waals surface area (Å²) < 4.78 is 27.9. The van der Waals surface area contributed by atoms with Crippen molar-refractivity contribution >= 4 is 50.5 Å². The van der Waals surface area contributed by atoms with E-state index >= 15 is 0 Å². The Balaban J connectivity index is 1.93. The van der Waals surface area contributed by atoms with Crippen molar-refractivity contribution < 1.29 is 13.2 Å². The van der Waals surface area contributed by atoms with Crippen molar-refractivity contribution in [2.24, 2.45) is 0 Å². The van der Waals surface area contributed by atoms with E-state index in [2.05, 4.69) is 19.2 Å². The molecule has 3 aromatic carbocycles. The quantitative estimate of drug-likeness (QED) is 0.424. The van der Waals surface area contributed by atoms with E-state index in [0.29, 0.717) is 11.6 Å². The maximum atomic E-state index is 13.4. The predicted octanol–water partition coefficient (Wildman–Crippen LogP) is 6.26. The fourth-order valence-electron chi connectivity index (χ4n) is 3.12. The number of aryl methyl sites for hydroxylation is 1. The normalized spacial score (nSPS) is 11.4. The lowest BCUT2D eigenvalue weighted by molar-refractivity contribution is -0.114. The number of amides is 1. The Morgan fingerprint density at radius 1 is 0.938 bits per heavy atom. The third kappa shape index (κ3) is 5.82. The fourth-order valence-corrected chi connectivity index (χ4v) is 5.04. The van der Waals surface area contributed by atoms with Gasteiger partial charge >= 0.3 is 0 Å². The Hall–Kier alpha value is -2.54. The summed E-state index contributed by atoms with van der Waals surface area (Å²) >= 11 is 12.2. The summed E-state index contributed by atoms with van der Waals surface area (Å²) in [6.45, 7) is 5.58. The molecule has 0 saturated heterocycles. The molecule has 168 valence electrons. The highest BCUT2D eigenvalue weighted by molar-refractivity contribution is 7.92. The lowest BCUT2D eigenvalue weighted by Crippen LogP contribution is -2.38. The highest BCUT2D eigenvalue weighted by atomic mass is 35.5. The minimum atomic E-state index is -4.05. The number of rotatable bonds is 7. The summed E-state index contributed by atoms with van der Waals surface area (Å²) in [6.07, 6.45) is 0. The van der Waals surface area contributed by atoms with Crippen LogP contribution in [-0.2, 0) is 14.8 Å². The molecule has 0 bridgehead atoms. The molecule has 1 amide bonds. The summed E-state index contributed by atoms with van der Waals surface area (Å²) in [6, 6.07) is 18.3. The monoisotopic (exact) mass is 490 g/mol. The number of halogens is 2. The summed E-state index contributed by atoms with van der Waals surface area (Å²) in [5.41, 5.74) is 2.84. The number of carbonyl (C=O) groups excluding carboxylic acids is 1. The first-order valence-electron chi connectivity index (χ1n) is 10.0. The third-order valence-corrected chi connectivity index (χ3v) is 7.12. The zero-order valence-corrected chi connectivity index (χ0v) is 20.3. The smallest absolute Gasteiger partial charge is 0.264 e. The van der Waals surface area contributed by atoms with E-state index in [1.807, 2.05) is 19.1 Å². The van der Waals surface area contributed by atoms with Crippen molar-refractivity contribution in [1.82, 2.24) is 0 Å². The van der Waals surface area contributed by atoms with Gasteiger partial charge in [0.25, 0.3) is 10.0 Å². The van der Waals surface area contributed by atoms with Crippen LogP contribution in [0.15, 0.2) is 71.6 Å². The second-order valence-corrected chi connectivity index (χ2v) is 10.5. The van der Waals surface area contributed by atoms with Gasteiger partial charge in [0.15, 0.2) is 0 Å². The lowest BCUT2D eigenvalue weighted by Gasteiger charge is -2.24.